The Morgan fingerprint density at radius 1 is 1.33 bits per heavy atom. The molecular weight excluding hydrogens is 364 g/mol. The van der Waals surface area contributed by atoms with Crippen LogP contribution in [-0.2, 0) is 16.1 Å². The van der Waals surface area contributed by atoms with E-state index in [4.69, 9.17) is 9.47 Å². The van der Waals surface area contributed by atoms with E-state index in [0.717, 1.165) is 50.5 Å². The summed E-state index contributed by atoms with van der Waals surface area (Å²) in [6.45, 7) is 4.28. The Morgan fingerprint density at radius 2 is 2.04 bits per heavy atom. The molecule has 1 unspecified atom stereocenters. The number of β-amino-alcohol motifs (C(OH)–C–C–N with tert-alkyl or cyclic N) is 1. The molecule has 0 amide bonds. The fourth-order valence-electron chi connectivity index (χ4n) is 3.17. The first kappa shape index (κ1) is 22.0. The number of nitrogens with one attached hydrogen (secondary N) is 1. The fraction of sp³-hybridized carbons (Fsp3) is 0.650. The number of aliphatic hydroxyl groups is 1. The number of rotatable bonds is 11. The Morgan fingerprint density at radius 3 is 2.67 bits per heavy atom. The van der Waals surface area contributed by atoms with Crippen LogP contribution in [0.2, 0.25) is 0 Å². The molecule has 152 valence electrons. The van der Waals surface area contributed by atoms with Crippen molar-refractivity contribution in [1.29, 1.82) is 0 Å². The standard InChI is InChI=1S/C20H32N2O4S/c1-25-20(24)17-7-10-22(11-8-17)14-18(23)15-26-19-5-3-16(4-6-19)13-21-9-12-27-2/h3-6,17-18,21,23H,7-15H2,1-2H3. The van der Waals surface area contributed by atoms with Gasteiger partial charge in [-0.25, -0.2) is 0 Å². The van der Waals surface area contributed by atoms with E-state index in [-0.39, 0.29) is 18.5 Å². The molecular formula is C20H32N2O4S. The van der Waals surface area contributed by atoms with Gasteiger partial charge in [0.2, 0.25) is 0 Å². The fourth-order valence-corrected chi connectivity index (χ4v) is 3.52. The van der Waals surface area contributed by atoms with Crippen molar-refractivity contribution < 1.29 is 19.4 Å². The van der Waals surface area contributed by atoms with E-state index < -0.39 is 6.10 Å². The Hall–Kier alpha value is -1.28. The number of thioether (sulfide) groups is 1. The highest BCUT2D eigenvalue weighted by Gasteiger charge is 2.26. The SMILES string of the molecule is COC(=O)C1CCN(CC(O)COc2ccc(CNCCSC)cc2)CC1. The average molecular weight is 397 g/mol. The third-order valence-electron chi connectivity index (χ3n) is 4.77. The number of hydrogen-bond donors (Lipinski definition) is 2. The molecule has 1 saturated heterocycles. The number of carbonyl (C=O) groups is 1. The molecule has 1 atom stereocenters. The van der Waals surface area contributed by atoms with Crippen LogP contribution in [0.25, 0.3) is 0 Å². The van der Waals surface area contributed by atoms with E-state index in [0.29, 0.717) is 6.54 Å². The molecule has 0 aromatic heterocycles. The van der Waals surface area contributed by atoms with Crippen molar-refractivity contribution in [2.45, 2.75) is 25.5 Å². The average Bonchev–Trinajstić information content (AvgIpc) is 2.70. The first-order valence-corrected chi connectivity index (χ1v) is 10.9. The van der Waals surface area contributed by atoms with Gasteiger partial charge in [-0.15, -0.1) is 0 Å². The Bertz CT molecular complexity index is 547. The number of aliphatic hydroxyl groups excluding tert-OH is 1. The van der Waals surface area contributed by atoms with Gasteiger partial charge in [-0.1, -0.05) is 12.1 Å². The van der Waals surface area contributed by atoms with Crippen LogP contribution in [0.1, 0.15) is 18.4 Å². The molecule has 7 heteroatoms. The summed E-state index contributed by atoms with van der Waals surface area (Å²) in [6, 6.07) is 7.98. The maximum Gasteiger partial charge on any atom is 0.308 e. The summed E-state index contributed by atoms with van der Waals surface area (Å²) in [5.41, 5.74) is 1.22. The second kappa shape index (κ2) is 12.2. The van der Waals surface area contributed by atoms with Crippen LogP contribution in [-0.4, -0.2) is 74.0 Å². The third kappa shape index (κ3) is 8.09. The molecule has 1 aliphatic heterocycles. The first-order valence-electron chi connectivity index (χ1n) is 9.52. The van der Waals surface area contributed by atoms with Crippen molar-refractivity contribution >= 4 is 17.7 Å². The van der Waals surface area contributed by atoms with Crippen molar-refractivity contribution in [3.63, 3.8) is 0 Å². The number of nitrogens with zero attached hydrogens (tertiary/aromatic N) is 1. The zero-order chi connectivity index (χ0) is 19.5. The molecule has 1 aromatic carbocycles. The summed E-state index contributed by atoms with van der Waals surface area (Å²) < 4.78 is 10.5. The predicted octanol–water partition coefficient (Wildman–Crippen LogP) is 1.76. The number of carbonyl (C=O) groups excluding carboxylic acids is 1. The van der Waals surface area contributed by atoms with Gasteiger partial charge in [0.1, 0.15) is 18.5 Å². The van der Waals surface area contributed by atoms with Crippen molar-refractivity contribution in [1.82, 2.24) is 10.2 Å². The monoisotopic (exact) mass is 396 g/mol. The number of piperidine rings is 1. The predicted molar refractivity (Wildman–Crippen MR) is 109 cm³/mol. The van der Waals surface area contributed by atoms with E-state index in [9.17, 15) is 9.90 Å². The summed E-state index contributed by atoms with van der Waals surface area (Å²) in [5, 5.41) is 13.6. The van der Waals surface area contributed by atoms with Crippen LogP contribution in [0.15, 0.2) is 24.3 Å². The first-order chi connectivity index (χ1) is 13.1. The summed E-state index contributed by atoms with van der Waals surface area (Å²) in [5.74, 6) is 1.75. The Kier molecular flexibility index (Phi) is 9.97. The molecule has 2 rings (SSSR count). The molecule has 1 aliphatic rings. The van der Waals surface area contributed by atoms with Crippen molar-refractivity contribution in [2.75, 3.05) is 51.9 Å². The highest BCUT2D eigenvalue weighted by molar-refractivity contribution is 7.98. The topological polar surface area (TPSA) is 71.0 Å². The maximum absolute atomic E-state index is 11.6. The molecule has 2 N–H and O–H groups in total. The lowest BCUT2D eigenvalue weighted by atomic mass is 9.97. The normalized spacial score (nSPS) is 16.9. The largest absolute Gasteiger partial charge is 0.491 e. The molecule has 0 bridgehead atoms. The van der Waals surface area contributed by atoms with E-state index in [1.54, 1.807) is 0 Å². The Balaban J connectivity index is 1.64. The van der Waals surface area contributed by atoms with Gasteiger partial charge in [0.05, 0.1) is 13.0 Å². The second-order valence-corrected chi connectivity index (χ2v) is 7.86. The lowest BCUT2D eigenvalue weighted by Gasteiger charge is -2.31. The maximum atomic E-state index is 11.6. The van der Waals surface area contributed by atoms with Crippen molar-refractivity contribution in [2.24, 2.45) is 5.92 Å². The smallest absolute Gasteiger partial charge is 0.308 e. The van der Waals surface area contributed by atoms with Crippen LogP contribution >= 0.6 is 11.8 Å². The number of benzene rings is 1. The van der Waals surface area contributed by atoms with Gasteiger partial charge in [-0.3, -0.25) is 4.79 Å². The molecule has 1 fully saturated rings. The van der Waals surface area contributed by atoms with Gasteiger partial charge in [-0.2, -0.15) is 11.8 Å². The van der Waals surface area contributed by atoms with Gasteiger partial charge >= 0.3 is 5.97 Å². The van der Waals surface area contributed by atoms with E-state index in [2.05, 4.69) is 16.5 Å². The molecule has 0 spiro atoms. The summed E-state index contributed by atoms with van der Waals surface area (Å²) in [4.78, 5) is 13.7. The van der Waals surface area contributed by atoms with Crippen LogP contribution in [0, 0.1) is 5.92 Å². The number of hydrogen-bond acceptors (Lipinski definition) is 7. The molecule has 0 aliphatic carbocycles. The Labute approximate surface area is 166 Å². The quantitative estimate of drug-likeness (QED) is 0.436. The zero-order valence-electron chi connectivity index (χ0n) is 16.4. The summed E-state index contributed by atoms with van der Waals surface area (Å²) >= 11 is 1.83. The van der Waals surface area contributed by atoms with Gasteiger partial charge in [-0.05, 0) is 49.9 Å². The van der Waals surface area contributed by atoms with Gasteiger partial charge in [0, 0.05) is 25.4 Å². The molecule has 27 heavy (non-hydrogen) atoms. The van der Waals surface area contributed by atoms with Crippen LogP contribution < -0.4 is 10.1 Å². The number of esters is 1. The lowest BCUT2D eigenvalue weighted by Crippen LogP contribution is -2.42. The number of likely N-dealkylation sites (tertiary alicyclic amines) is 1. The van der Waals surface area contributed by atoms with E-state index in [1.165, 1.54) is 12.7 Å². The van der Waals surface area contributed by atoms with Crippen molar-refractivity contribution in [3.05, 3.63) is 29.8 Å². The van der Waals surface area contributed by atoms with E-state index in [1.807, 2.05) is 36.0 Å². The number of methoxy groups -OCH3 is 1. The van der Waals surface area contributed by atoms with Gasteiger partial charge in [0.25, 0.3) is 0 Å². The minimum atomic E-state index is -0.549. The number of ether oxygens (including phenoxy) is 2. The molecule has 1 heterocycles. The molecule has 0 radical (unpaired) electrons. The third-order valence-corrected chi connectivity index (χ3v) is 5.38. The lowest BCUT2D eigenvalue weighted by molar-refractivity contribution is -0.147. The van der Waals surface area contributed by atoms with Gasteiger partial charge in [0.15, 0.2) is 0 Å². The minimum absolute atomic E-state index is 0.00614. The second-order valence-electron chi connectivity index (χ2n) is 6.88. The van der Waals surface area contributed by atoms with Crippen LogP contribution in [0.5, 0.6) is 5.75 Å². The highest BCUT2D eigenvalue weighted by atomic mass is 32.2. The van der Waals surface area contributed by atoms with Crippen molar-refractivity contribution in [3.8, 4) is 5.75 Å². The molecule has 1 aromatic rings. The zero-order valence-corrected chi connectivity index (χ0v) is 17.2. The van der Waals surface area contributed by atoms with E-state index >= 15 is 0 Å². The molecule has 6 nitrogen and oxygen atoms in total. The van der Waals surface area contributed by atoms with Gasteiger partial charge < -0.3 is 24.8 Å². The summed E-state index contributed by atoms with van der Waals surface area (Å²) in [7, 11) is 1.43. The molecule has 0 saturated carbocycles. The van der Waals surface area contributed by atoms with Crippen LogP contribution in [0.4, 0.5) is 0 Å². The summed E-state index contributed by atoms with van der Waals surface area (Å²) in [6.07, 6.45) is 3.12. The minimum Gasteiger partial charge on any atom is -0.491 e. The highest BCUT2D eigenvalue weighted by Crippen LogP contribution is 2.19. The van der Waals surface area contributed by atoms with Crippen LogP contribution in [0.3, 0.4) is 0 Å².